The lowest BCUT2D eigenvalue weighted by Gasteiger charge is -2.31. The summed E-state index contributed by atoms with van der Waals surface area (Å²) in [6.07, 6.45) is 2.44. The quantitative estimate of drug-likeness (QED) is 0.943. The number of carbonyl (C=O) groups excluding carboxylic acids is 1. The largest absolute Gasteiger partial charge is 0.342 e. The van der Waals surface area contributed by atoms with E-state index >= 15 is 0 Å². The summed E-state index contributed by atoms with van der Waals surface area (Å²) in [7, 11) is 0. The SMILES string of the molecule is NCC1CCN(C(=O)Cc2csc(-c3ccccc3)n2)CC1. The normalized spacial score (nSPS) is 16.0. The molecule has 0 aliphatic carbocycles. The van der Waals surface area contributed by atoms with Gasteiger partial charge in [0.15, 0.2) is 0 Å². The molecule has 0 radical (unpaired) electrons. The van der Waals surface area contributed by atoms with E-state index in [1.54, 1.807) is 11.3 Å². The molecule has 0 bridgehead atoms. The van der Waals surface area contributed by atoms with Crippen LogP contribution in [0.3, 0.4) is 0 Å². The van der Waals surface area contributed by atoms with E-state index in [2.05, 4.69) is 4.98 Å². The molecule has 2 heterocycles. The molecular formula is C17H21N3OS. The minimum atomic E-state index is 0.181. The summed E-state index contributed by atoms with van der Waals surface area (Å²) in [5.41, 5.74) is 7.67. The van der Waals surface area contributed by atoms with Crippen molar-refractivity contribution < 1.29 is 4.79 Å². The van der Waals surface area contributed by atoms with Gasteiger partial charge in [-0.05, 0) is 25.3 Å². The summed E-state index contributed by atoms with van der Waals surface area (Å²) in [5.74, 6) is 0.758. The number of hydrogen-bond donors (Lipinski definition) is 1. The Hall–Kier alpha value is -1.72. The van der Waals surface area contributed by atoms with E-state index in [4.69, 9.17) is 5.73 Å². The van der Waals surface area contributed by atoms with Crippen molar-refractivity contribution in [3.05, 3.63) is 41.4 Å². The molecule has 1 aliphatic rings. The Morgan fingerprint density at radius 1 is 1.27 bits per heavy atom. The highest BCUT2D eigenvalue weighted by Gasteiger charge is 2.22. The van der Waals surface area contributed by atoms with E-state index in [1.165, 1.54) is 0 Å². The fraction of sp³-hybridized carbons (Fsp3) is 0.412. The first kappa shape index (κ1) is 15.2. The van der Waals surface area contributed by atoms with Gasteiger partial charge < -0.3 is 10.6 Å². The molecule has 1 saturated heterocycles. The number of hydrogen-bond acceptors (Lipinski definition) is 4. The van der Waals surface area contributed by atoms with Gasteiger partial charge in [-0.15, -0.1) is 11.3 Å². The molecule has 0 atom stereocenters. The average molecular weight is 315 g/mol. The van der Waals surface area contributed by atoms with Crippen molar-refractivity contribution in [3.63, 3.8) is 0 Å². The zero-order valence-electron chi connectivity index (χ0n) is 12.6. The Bertz CT molecular complexity index is 618. The van der Waals surface area contributed by atoms with E-state index in [0.29, 0.717) is 12.3 Å². The second-order valence-corrected chi connectivity index (χ2v) is 6.60. The van der Waals surface area contributed by atoms with Gasteiger partial charge in [0.1, 0.15) is 5.01 Å². The van der Waals surface area contributed by atoms with E-state index in [0.717, 1.165) is 48.7 Å². The Kier molecular flexibility index (Phi) is 4.85. The van der Waals surface area contributed by atoms with Crippen LogP contribution in [0.25, 0.3) is 10.6 Å². The fourth-order valence-corrected chi connectivity index (χ4v) is 3.61. The van der Waals surface area contributed by atoms with Crippen LogP contribution in [0.4, 0.5) is 0 Å². The maximum absolute atomic E-state index is 12.4. The van der Waals surface area contributed by atoms with Crippen LogP contribution in [0, 0.1) is 5.92 Å². The topological polar surface area (TPSA) is 59.2 Å². The maximum Gasteiger partial charge on any atom is 0.228 e. The standard InChI is InChI=1S/C17H21N3OS/c18-11-13-6-8-20(9-7-13)16(21)10-15-12-22-17(19-15)14-4-2-1-3-5-14/h1-5,12-13H,6-11,18H2. The minimum Gasteiger partial charge on any atom is -0.342 e. The molecule has 1 aliphatic heterocycles. The summed E-state index contributed by atoms with van der Waals surface area (Å²) in [5, 5.41) is 2.97. The number of aromatic nitrogens is 1. The number of rotatable bonds is 4. The lowest BCUT2D eigenvalue weighted by Crippen LogP contribution is -2.40. The van der Waals surface area contributed by atoms with Crippen LogP contribution in [0.1, 0.15) is 18.5 Å². The molecule has 116 valence electrons. The Balaban J connectivity index is 1.60. The molecule has 1 fully saturated rings. The van der Waals surface area contributed by atoms with Crippen molar-refractivity contribution in [2.24, 2.45) is 11.7 Å². The zero-order valence-corrected chi connectivity index (χ0v) is 13.4. The summed E-state index contributed by atoms with van der Waals surface area (Å²) >= 11 is 1.60. The van der Waals surface area contributed by atoms with Crippen molar-refractivity contribution in [2.45, 2.75) is 19.3 Å². The van der Waals surface area contributed by atoms with Crippen LogP contribution >= 0.6 is 11.3 Å². The number of carbonyl (C=O) groups is 1. The van der Waals surface area contributed by atoms with Gasteiger partial charge in [0.2, 0.25) is 5.91 Å². The molecule has 0 unspecified atom stereocenters. The Morgan fingerprint density at radius 2 is 2.00 bits per heavy atom. The van der Waals surface area contributed by atoms with Gasteiger partial charge in [0.25, 0.3) is 0 Å². The summed E-state index contributed by atoms with van der Waals surface area (Å²) in [4.78, 5) is 18.9. The molecular weight excluding hydrogens is 294 g/mol. The van der Waals surface area contributed by atoms with Gasteiger partial charge in [0, 0.05) is 24.0 Å². The first-order valence-electron chi connectivity index (χ1n) is 7.74. The molecule has 1 aromatic heterocycles. The number of amides is 1. The van der Waals surface area contributed by atoms with Crippen LogP contribution in [0.15, 0.2) is 35.7 Å². The van der Waals surface area contributed by atoms with Gasteiger partial charge in [-0.1, -0.05) is 30.3 Å². The number of benzene rings is 1. The summed E-state index contributed by atoms with van der Waals surface area (Å²) in [6.45, 7) is 2.39. The molecule has 3 rings (SSSR count). The van der Waals surface area contributed by atoms with Gasteiger partial charge in [0.05, 0.1) is 12.1 Å². The fourth-order valence-electron chi connectivity index (χ4n) is 2.79. The third-order valence-corrected chi connectivity index (χ3v) is 5.15. The van der Waals surface area contributed by atoms with Crippen LogP contribution in [-0.2, 0) is 11.2 Å². The lowest BCUT2D eigenvalue weighted by atomic mass is 9.97. The number of piperidine rings is 1. The number of nitrogens with two attached hydrogens (primary N) is 1. The predicted octanol–water partition coefficient (Wildman–Crippen LogP) is 2.55. The number of likely N-dealkylation sites (tertiary alicyclic amines) is 1. The number of nitrogens with zero attached hydrogens (tertiary/aromatic N) is 2. The lowest BCUT2D eigenvalue weighted by molar-refractivity contribution is -0.131. The maximum atomic E-state index is 12.4. The molecule has 0 saturated carbocycles. The molecule has 0 spiro atoms. The third kappa shape index (κ3) is 3.54. The van der Waals surface area contributed by atoms with Crippen LogP contribution in [0.2, 0.25) is 0 Å². The van der Waals surface area contributed by atoms with Crippen molar-refractivity contribution in [3.8, 4) is 10.6 Å². The minimum absolute atomic E-state index is 0.181. The second-order valence-electron chi connectivity index (χ2n) is 5.75. The summed E-state index contributed by atoms with van der Waals surface area (Å²) in [6, 6.07) is 10.1. The van der Waals surface area contributed by atoms with E-state index in [-0.39, 0.29) is 5.91 Å². The molecule has 2 aromatic rings. The molecule has 1 aromatic carbocycles. The van der Waals surface area contributed by atoms with E-state index < -0.39 is 0 Å². The van der Waals surface area contributed by atoms with E-state index in [9.17, 15) is 4.79 Å². The molecule has 4 nitrogen and oxygen atoms in total. The van der Waals surface area contributed by atoms with Gasteiger partial charge >= 0.3 is 0 Å². The smallest absolute Gasteiger partial charge is 0.228 e. The monoisotopic (exact) mass is 315 g/mol. The molecule has 1 amide bonds. The van der Waals surface area contributed by atoms with E-state index in [1.807, 2.05) is 40.6 Å². The first-order chi connectivity index (χ1) is 10.8. The zero-order chi connectivity index (χ0) is 15.4. The summed E-state index contributed by atoms with van der Waals surface area (Å²) < 4.78 is 0. The van der Waals surface area contributed by atoms with Crippen LogP contribution in [0.5, 0.6) is 0 Å². The van der Waals surface area contributed by atoms with Gasteiger partial charge in [-0.2, -0.15) is 0 Å². The van der Waals surface area contributed by atoms with Gasteiger partial charge in [-0.3, -0.25) is 4.79 Å². The van der Waals surface area contributed by atoms with Crippen molar-refractivity contribution >= 4 is 17.2 Å². The van der Waals surface area contributed by atoms with Crippen LogP contribution < -0.4 is 5.73 Å². The van der Waals surface area contributed by atoms with Crippen LogP contribution in [-0.4, -0.2) is 35.4 Å². The van der Waals surface area contributed by atoms with Crippen molar-refractivity contribution in [1.82, 2.24) is 9.88 Å². The molecule has 22 heavy (non-hydrogen) atoms. The van der Waals surface area contributed by atoms with Crippen molar-refractivity contribution in [1.29, 1.82) is 0 Å². The molecule has 5 heteroatoms. The third-order valence-electron chi connectivity index (χ3n) is 4.21. The Labute approximate surface area is 135 Å². The average Bonchev–Trinajstić information content (AvgIpc) is 3.04. The number of thiazole rings is 1. The second kappa shape index (κ2) is 7.03. The predicted molar refractivity (Wildman–Crippen MR) is 89.6 cm³/mol. The highest BCUT2D eigenvalue weighted by Crippen LogP contribution is 2.24. The first-order valence-corrected chi connectivity index (χ1v) is 8.62. The van der Waals surface area contributed by atoms with Crippen molar-refractivity contribution in [2.75, 3.05) is 19.6 Å². The highest BCUT2D eigenvalue weighted by atomic mass is 32.1. The molecule has 2 N–H and O–H groups in total. The highest BCUT2D eigenvalue weighted by molar-refractivity contribution is 7.13. The Morgan fingerprint density at radius 3 is 2.68 bits per heavy atom. The van der Waals surface area contributed by atoms with Gasteiger partial charge in [-0.25, -0.2) is 4.98 Å².